The molecule has 1 aromatic heterocycles. The summed E-state index contributed by atoms with van der Waals surface area (Å²) < 4.78 is 6.01. The van der Waals surface area contributed by atoms with Crippen LogP contribution in [0.25, 0.3) is 0 Å². The number of hydrogen-bond acceptors (Lipinski definition) is 4. The highest BCUT2D eigenvalue weighted by Crippen LogP contribution is 2.31. The van der Waals surface area contributed by atoms with Gasteiger partial charge in [-0.3, -0.25) is 4.98 Å². The van der Waals surface area contributed by atoms with Crippen LogP contribution in [0.3, 0.4) is 0 Å². The highest BCUT2D eigenvalue weighted by molar-refractivity contribution is 6.30. The average molecular weight is 372 g/mol. The van der Waals surface area contributed by atoms with Crippen LogP contribution in [0.15, 0.2) is 42.7 Å². The molecule has 4 nitrogen and oxygen atoms in total. The molecule has 1 aliphatic heterocycles. The van der Waals surface area contributed by atoms with Crippen molar-refractivity contribution in [3.05, 3.63) is 58.9 Å². The lowest BCUT2D eigenvalue weighted by atomic mass is 10.1. The van der Waals surface area contributed by atoms with Gasteiger partial charge in [-0.1, -0.05) is 17.7 Å². The van der Waals surface area contributed by atoms with Gasteiger partial charge in [-0.25, -0.2) is 0 Å². The maximum absolute atomic E-state index is 6.20. The predicted molar refractivity (Wildman–Crippen MR) is 104 cm³/mol. The van der Waals surface area contributed by atoms with Crippen LogP contribution in [-0.4, -0.2) is 35.6 Å². The lowest BCUT2D eigenvalue weighted by Gasteiger charge is -2.16. The van der Waals surface area contributed by atoms with Crippen molar-refractivity contribution in [1.29, 1.82) is 0 Å². The van der Waals surface area contributed by atoms with E-state index in [0.717, 1.165) is 46.9 Å². The fourth-order valence-corrected chi connectivity index (χ4v) is 3.88. The van der Waals surface area contributed by atoms with E-state index in [4.69, 9.17) is 16.3 Å². The largest absolute Gasteiger partial charge is 0.489 e. The maximum atomic E-state index is 6.20. The Morgan fingerprint density at radius 3 is 2.96 bits per heavy atom. The molecule has 0 spiro atoms. The van der Waals surface area contributed by atoms with Crippen LogP contribution in [0.2, 0.25) is 5.02 Å². The Bertz CT molecular complexity index is 720. The number of benzene rings is 1. The predicted octanol–water partition coefficient (Wildman–Crippen LogP) is 3.89. The molecule has 2 aliphatic rings. The lowest BCUT2D eigenvalue weighted by molar-refractivity contribution is 0.300. The summed E-state index contributed by atoms with van der Waals surface area (Å²) in [6.45, 7) is 4.87. The Balaban J connectivity index is 1.29. The summed E-state index contributed by atoms with van der Waals surface area (Å²) in [5.41, 5.74) is 2.17. The van der Waals surface area contributed by atoms with Gasteiger partial charge in [-0.15, -0.1) is 0 Å². The molecule has 138 valence electrons. The normalized spacial score (nSPS) is 20.4. The Hall–Kier alpha value is -1.62. The van der Waals surface area contributed by atoms with E-state index in [2.05, 4.69) is 15.2 Å². The summed E-state index contributed by atoms with van der Waals surface area (Å²) in [5, 5.41) is 4.36. The van der Waals surface area contributed by atoms with Gasteiger partial charge in [0.15, 0.2) is 0 Å². The van der Waals surface area contributed by atoms with E-state index >= 15 is 0 Å². The molecule has 4 rings (SSSR count). The van der Waals surface area contributed by atoms with E-state index in [1.165, 1.54) is 32.4 Å². The molecule has 0 unspecified atom stereocenters. The van der Waals surface area contributed by atoms with Crippen LogP contribution in [0, 0.1) is 5.92 Å². The highest BCUT2D eigenvalue weighted by atomic mass is 35.5. The summed E-state index contributed by atoms with van der Waals surface area (Å²) >= 11 is 6.20. The molecule has 1 saturated carbocycles. The number of rotatable bonds is 8. The van der Waals surface area contributed by atoms with Gasteiger partial charge >= 0.3 is 0 Å². The molecular formula is C21H26ClN3O. The van der Waals surface area contributed by atoms with E-state index in [-0.39, 0.29) is 0 Å². The van der Waals surface area contributed by atoms with Crippen LogP contribution in [-0.2, 0) is 13.2 Å². The Kier molecular flexibility index (Phi) is 5.73. The van der Waals surface area contributed by atoms with Crippen molar-refractivity contribution >= 4 is 11.6 Å². The summed E-state index contributed by atoms with van der Waals surface area (Å²) in [5.74, 6) is 1.64. The van der Waals surface area contributed by atoms with Gasteiger partial charge in [0, 0.05) is 47.7 Å². The quantitative estimate of drug-likeness (QED) is 0.764. The van der Waals surface area contributed by atoms with Crippen LogP contribution in [0.5, 0.6) is 5.75 Å². The van der Waals surface area contributed by atoms with E-state index in [0.29, 0.717) is 6.61 Å². The lowest BCUT2D eigenvalue weighted by Crippen LogP contribution is -2.27. The van der Waals surface area contributed by atoms with Gasteiger partial charge in [0.05, 0.1) is 0 Å². The van der Waals surface area contributed by atoms with Crippen LogP contribution in [0.1, 0.15) is 30.4 Å². The second-order valence-corrected chi connectivity index (χ2v) is 7.85. The topological polar surface area (TPSA) is 37.4 Å². The van der Waals surface area contributed by atoms with Gasteiger partial charge in [0.25, 0.3) is 0 Å². The van der Waals surface area contributed by atoms with E-state index < -0.39 is 0 Å². The number of hydrogen-bond donors (Lipinski definition) is 1. The molecule has 2 heterocycles. The van der Waals surface area contributed by atoms with E-state index in [1.807, 2.05) is 36.5 Å². The van der Waals surface area contributed by atoms with E-state index in [9.17, 15) is 0 Å². The molecule has 1 atom stereocenters. The van der Waals surface area contributed by atoms with Crippen LogP contribution < -0.4 is 10.1 Å². The molecule has 5 heteroatoms. The van der Waals surface area contributed by atoms with Crippen LogP contribution >= 0.6 is 11.6 Å². The smallest absolute Gasteiger partial charge is 0.124 e. The van der Waals surface area contributed by atoms with Gasteiger partial charge in [-0.2, -0.15) is 0 Å². The summed E-state index contributed by atoms with van der Waals surface area (Å²) in [7, 11) is 0. The van der Waals surface area contributed by atoms with Crippen molar-refractivity contribution in [2.24, 2.45) is 5.92 Å². The third-order valence-corrected chi connectivity index (χ3v) is 5.50. The summed E-state index contributed by atoms with van der Waals surface area (Å²) in [6.07, 6.45) is 7.72. The second kappa shape index (κ2) is 8.38. The highest BCUT2D eigenvalue weighted by Gasteiger charge is 2.33. The zero-order valence-electron chi connectivity index (χ0n) is 15.0. The minimum atomic E-state index is 0.515. The number of likely N-dealkylation sites (tertiary alicyclic amines) is 1. The maximum Gasteiger partial charge on any atom is 0.124 e. The zero-order valence-corrected chi connectivity index (χ0v) is 15.8. The van der Waals surface area contributed by atoms with Gasteiger partial charge < -0.3 is 15.0 Å². The number of pyridine rings is 1. The van der Waals surface area contributed by atoms with Crippen LogP contribution in [0.4, 0.5) is 0 Å². The molecule has 0 amide bonds. The number of nitrogens with zero attached hydrogens (tertiary/aromatic N) is 2. The van der Waals surface area contributed by atoms with Crippen molar-refractivity contribution in [1.82, 2.24) is 15.2 Å². The van der Waals surface area contributed by atoms with Gasteiger partial charge in [-0.05, 0) is 62.5 Å². The molecule has 0 bridgehead atoms. The van der Waals surface area contributed by atoms with Crippen molar-refractivity contribution < 1.29 is 4.74 Å². The first-order valence-corrected chi connectivity index (χ1v) is 9.90. The van der Waals surface area contributed by atoms with E-state index in [1.54, 1.807) is 6.20 Å². The van der Waals surface area contributed by atoms with Crippen molar-refractivity contribution in [2.45, 2.75) is 38.5 Å². The third kappa shape index (κ3) is 4.76. The zero-order chi connectivity index (χ0) is 17.8. The Morgan fingerprint density at radius 1 is 1.23 bits per heavy atom. The monoisotopic (exact) mass is 371 g/mol. The molecule has 2 fully saturated rings. The van der Waals surface area contributed by atoms with Gasteiger partial charge in [0.1, 0.15) is 12.4 Å². The number of halogens is 1. The Morgan fingerprint density at radius 2 is 2.15 bits per heavy atom. The third-order valence-electron chi connectivity index (χ3n) is 5.27. The van der Waals surface area contributed by atoms with Crippen molar-refractivity contribution in [2.75, 3.05) is 19.6 Å². The Labute approximate surface area is 160 Å². The molecule has 1 aromatic carbocycles. The molecule has 2 aromatic rings. The minimum Gasteiger partial charge on any atom is -0.489 e. The minimum absolute atomic E-state index is 0.515. The first kappa shape index (κ1) is 17.8. The fraction of sp³-hybridized carbons (Fsp3) is 0.476. The molecule has 1 N–H and O–H groups in total. The second-order valence-electron chi connectivity index (χ2n) is 7.41. The summed E-state index contributed by atoms with van der Waals surface area (Å²) in [6, 6.07) is 10.7. The SMILES string of the molecule is Clc1ccc(OCc2cccnc2)c(CNC[C@H]2CCN(C3CC3)C2)c1. The standard InChI is InChI=1S/C21H26ClN3O/c22-19-3-6-21(26-15-17-2-1-8-23-12-17)18(10-19)13-24-11-16-7-9-25(14-16)20-4-5-20/h1-3,6,8,10,12,16,20,24H,4-5,7,9,11,13-15H2/t16-/m1/s1. The van der Waals surface area contributed by atoms with Crippen molar-refractivity contribution in [3.63, 3.8) is 0 Å². The van der Waals surface area contributed by atoms with Gasteiger partial charge in [0.2, 0.25) is 0 Å². The number of aromatic nitrogens is 1. The number of nitrogens with one attached hydrogen (secondary N) is 1. The summed E-state index contributed by atoms with van der Waals surface area (Å²) in [4.78, 5) is 6.79. The average Bonchev–Trinajstić information content (AvgIpc) is 3.41. The number of ether oxygens (including phenoxy) is 1. The van der Waals surface area contributed by atoms with Crippen molar-refractivity contribution in [3.8, 4) is 5.75 Å². The molecule has 26 heavy (non-hydrogen) atoms. The first-order chi connectivity index (χ1) is 12.8. The molecule has 1 aliphatic carbocycles. The molecule has 1 saturated heterocycles. The molecular weight excluding hydrogens is 346 g/mol. The first-order valence-electron chi connectivity index (χ1n) is 9.53. The fourth-order valence-electron chi connectivity index (χ4n) is 3.68. The molecule has 0 radical (unpaired) electrons.